The van der Waals surface area contributed by atoms with Crippen LogP contribution < -0.4 is 0 Å². The molecule has 1 aliphatic heterocycles. The Bertz CT molecular complexity index is 1080. The largest absolute Gasteiger partial charge is 0.376 e. The van der Waals surface area contributed by atoms with Crippen LogP contribution in [0.5, 0.6) is 0 Å². The van der Waals surface area contributed by atoms with Crippen LogP contribution in [0.3, 0.4) is 0 Å². The van der Waals surface area contributed by atoms with Gasteiger partial charge < -0.3 is 18.8 Å². The molecule has 1 amide bonds. The predicted molar refractivity (Wildman–Crippen MR) is 119 cm³/mol. The molecule has 0 N–H and O–H groups in total. The minimum Gasteiger partial charge on any atom is -0.376 e. The third kappa shape index (κ3) is 3.86. The Morgan fingerprint density at radius 2 is 2.10 bits per heavy atom. The molecule has 1 fully saturated rings. The maximum Gasteiger partial charge on any atom is 0.253 e. The molecule has 1 unspecified atom stereocenters. The normalized spacial score (nSPS) is 16.5. The lowest BCUT2D eigenvalue weighted by Gasteiger charge is -2.18. The average Bonchev–Trinajstić information content (AvgIpc) is 3.41. The molecule has 0 spiro atoms. The first-order chi connectivity index (χ1) is 14.4. The second kappa shape index (κ2) is 8.44. The van der Waals surface area contributed by atoms with Crippen molar-refractivity contribution in [3.63, 3.8) is 0 Å². The summed E-state index contributed by atoms with van der Waals surface area (Å²) in [7, 11) is 1.84. The number of carbonyl (C=O) groups excluding carboxylic acids is 1. The van der Waals surface area contributed by atoms with Gasteiger partial charge in [-0.2, -0.15) is 0 Å². The van der Waals surface area contributed by atoms with Crippen LogP contribution in [0.1, 0.15) is 47.1 Å². The summed E-state index contributed by atoms with van der Waals surface area (Å²) in [4.78, 5) is 19.2. The molecule has 160 valence electrons. The molecular weight excluding hydrogens is 400 g/mol. The molecule has 0 saturated carbocycles. The Morgan fingerprint density at radius 3 is 2.80 bits per heavy atom. The van der Waals surface area contributed by atoms with E-state index in [0.717, 1.165) is 43.6 Å². The third-order valence-electron chi connectivity index (χ3n) is 6.11. The summed E-state index contributed by atoms with van der Waals surface area (Å²) < 4.78 is 10.0. The van der Waals surface area contributed by atoms with Gasteiger partial charge in [0.05, 0.1) is 17.1 Å². The number of aryl methyl sites for hydroxylation is 2. The van der Waals surface area contributed by atoms with Crippen LogP contribution in [-0.2, 0) is 24.4 Å². The first kappa shape index (κ1) is 20.9. The molecule has 1 aromatic carbocycles. The standard InChI is InChI=1S/C23H29ClN4O2/c1-5-27-21-9-8-17(12-20(21)25-23(27)24)22(29)26(4)13-18-11-15(2)28(16(18)3)14-19-7-6-10-30-19/h8-9,11-12,19H,5-7,10,13-14H2,1-4H3. The molecule has 6 nitrogen and oxygen atoms in total. The highest BCUT2D eigenvalue weighted by molar-refractivity contribution is 6.29. The number of rotatable bonds is 6. The summed E-state index contributed by atoms with van der Waals surface area (Å²) in [6.07, 6.45) is 2.55. The number of nitrogens with zero attached hydrogens (tertiary/aromatic N) is 4. The number of ether oxygens (including phenoxy) is 1. The van der Waals surface area contributed by atoms with Crippen molar-refractivity contribution in [3.05, 3.63) is 52.1 Å². The van der Waals surface area contributed by atoms with Gasteiger partial charge in [0.15, 0.2) is 0 Å². The number of amides is 1. The van der Waals surface area contributed by atoms with Gasteiger partial charge in [0.2, 0.25) is 5.28 Å². The van der Waals surface area contributed by atoms with Crippen LogP contribution >= 0.6 is 11.6 Å². The number of aromatic nitrogens is 3. The van der Waals surface area contributed by atoms with E-state index in [1.807, 2.05) is 36.7 Å². The van der Waals surface area contributed by atoms with Crippen molar-refractivity contribution in [2.24, 2.45) is 0 Å². The minimum absolute atomic E-state index is 0.0250. The van der Waals surface area contributed by atoms with E-state index in [9.17, 15) is 4.79 Å². The fourth-order valence-corrected chi connectivity index (χ4v) is 4.69. The highest BCUT2D eigenvalue weighted by Crippen LogP contribution is 2.24. The van der Waals surface area contributed by atoms with E-state index in [1.54, 1.807) is 4.90 Å². The second-order valence-corrected chi connectivity index (χ2v) is 8.47. The van der Waals surface area contributed by atoms with E-state index in [1.165, 1.54) is 17.0 Å². The predicted octanol–water partition coefficient (Wildman–Crippen LogP) is 4.58. The highest BCUT2D eigenvalue weighted by atomic mass is 35.5. The number of hydrogen-bond donors (Lipinski definition) is 0. The fraction of sp³-hybridized carbons (Fsp3) is 0.478. The summed E-state index contributed by atoms with van der Waals surface area (Å²) in [5.74, 6) is -0.0250. The van der Waals surface area contributed by atoms with Gasteiger partial charge in [0.1, 0.15) is 0 Å². The fourth-order valence-electron chi connectivity index (χ4n) is 4.39. The van der Waals surface area contributed by atoms with Crippen LogP contribution in [0.25, 0.3) is 11.0 Å². The van der Waals surface area contributed by atoms with E-state index in [0.29, 0.717) is 23.5 Å². The summed E-state index contributed by atoms with van der Waals surface area (Å²) in [5.41, 5.74) is 5.89. The number of imidazole rings is 1. The number of fused-ring (bicyclic) bond motifs is 1. The Labute approximate surface area is 182 Å². The monoisotopic (exact) mass is 428 g/mol. The molecule has 1 saturated heterocycles. The lowest BCUT2D eigenvalue weighted by Crippen LogP contribution is -2.26. The molecule has 3 heterocycles. The number of halogens is 1. The van der Waals surface area contributed by atoms with Crippen molar-refractivity contribution in [2.45, 2.75) is 59.4 Å². The SMILES string of the molecule is CCn1c(Cl)nc2cc(C(=O)N(C)Cc3cc(C)n(CC4CCCO4)c3C)ccc21. The molecule has 30 heavy (non-hydrogen) atoms. The van der Waals surface area contributed by atoms with Crippen LogP contribution in [0.15, 0.2) is 24.3 Å². The maximum absolute atomic E-state index is 13.1. The first-order valence-electron chi connectivity index (χ1n) is 10.6. The lowest BCUT2D eigenvalue weighted by atomic mass is 10.1. The zero-order valence-corrected chi connectivity index (χ0v) is 18.9. The summed E-state index contributed by atoms with van der Waals surface area (Å²) in [6, 6.07) is 7.78. The molecule has 7 heteroatoms. The van der Waals surface area contributed by atoms with Gasteiger partial charge in [0.25, 0.3) is 5.91 Å². The van der Waals surface area contributed by atoms with E-state index < -0.39 is 0 Å². The van der Waals surface area contributed by atoms with Gasteiger partial charge in [0, 0.05) is 50.2 Å². The highest BCUT2D eigenvalue weighted by Gasteiger charge is 2.21. The van der Waals surface area contributed by atoms with Crippen molar-refractivity contribution < 1.29 is 9.53 Å². The van der Waals surface area contributed by atoms with Crippen molar-refractivity contribution in [1.29, 1.82) is 0 Å². The van der Waals surface area contributed by atoms with Crippen LogP contribution in [0, 0.1) is 13.8 Å². The van der Waals surface area contributed by atoms with Crippen molar-refractivity contribution >= 4 is 28.5 Å². The van der Waals surface area contributed by atoms with Crippen LogP contribution in [0.2, 0.25) is 5.28 Å². The molecule has 1 aliphatic rings. The molecule has 3 aromatic rings. The average molecular weight is 429 g/mol. The van der Waals surface area contributed by atoms with Gasteiger partial charge in [-0.15, -0.1) is 0 Å². The van der Waals surface area contributed by atoms with Gasteiger partial charge in [-0.05, 0) is 75.0 Å². The molecule has 4 rings (SSSR count). The van der Waals surface area contributed by atoms with E-state index in [2.05, 4.69) is 29.5 Å². The maximum atomic E-state index is 13.1. The molecule has 0 radical (unpaired) electrons. The third-order valence-corrected chi connectivity index (χ3v) is 6.40. The molecule has 2 aromatic heterocycles. The Balaban J connectivity index is 1.51. The number of benzene rings is 1. The quantitative estimate of drug-likeness (QED) is 0.577. The van der Waals surface area contributed by atoms with Crippen molar-refractivity contribution in [3.8, 4) is 0 Å². The Hall–Kier alpha value is -2.31. The topological polar surface area (TPSA) is 52.3 Å². The lowest BCUT2D eigenvalue weighted by molar-refractivity contribution is 0.0784. The van der Waals surface area contributed by atoms with E-state index in [4.69, 9.17) is 16.3 Å². The minimum atomic E-state index is -0.0250. The van der Waals surface area contributed by atoms with Crippen molar-refractivity contribution in [1.82, 2.24) is 19.0 Å². The van der Waals surface area contributed by atoms with E-state index >= 15 is 0 Å². The van der Waals surface area contributed by atoms with Gasteiger partial charge in [-0.3, -0.25) is 4.79 Å². The van der Waals surface area contributed by atoms with Gasteiger partial charge >= 0.3 is 0 Å². The Kier molecular flexibility index (Phi) is 5.89. The molecule has 0 bridgehead atoms. The second-order valence-electron chi connectivity index (χ2n) is 8.13. The first-order valence-corrected chi connectivity index (χ1v) is 10.9. The zero-order chi connectivity index (χ0) is 21.4. The smallest absolute Gasteiger partial charge is 0.253 e. The molecule has 1 atom stereocenters. The van der Waals surface area contributed by atoms with Crippen LogP contribution in [0.4, 0.5) is 0 Å². The summed E-state index contributed by atoms with van der Waals surface area (Å²) >= 11 is 6.21. The molecule has 0 aliphatic carbocycles. The van der Waals surface area contributed by atoms with Crippen molar-refractivity contribution in [2.75, 3.05) is 13.7 Å². The summed E-state index contributed by atoms with van der Waals surface area (Å²) in [6.45, 7) is 9.31. The van der Waals surface area contributed by atoms with E-state index in [-0.39, 0.29) is 5.91 Å². The zero-order valence-electron chi connectivity index (χ0n) is 18.1. The Morgan fingerprint density at radius 1 is 1.30 bits per heavy atom. The molecular formula is C23H29ClN4O2. The van der Waals surface area contributed by atoms with Gasteiger partial charge in [-0.25, -0.2) is 4.98 Å². The number of carbonyl (C=O) groups is 1. The van der Waals surface area contributed by atoms with Crippen LogP contribution in [-0.4, -0.2) is 44.7 Å². The number of hydrogen-bond acceptors (Lipinski definition) is 3. The van der Waals surface area contributed by atoms with Gasteiger partial charge in [-0.1, -0.05) is 0 Å². The summed E-state index contributed by atoms with van der Waals surface area (Å²) in [5, 5.41) is 0.448.